The predicted octanol–water partition coefficient (Wildman–Crippen LogP) is 4.14. The first-order chi connectivity index (χ1) is 15.1. The van der Waals surface area contributed by atoms with E-state index in [0.29, 0.717) is 12.2 Å². The second-order valence-corrected chi connectivity index (χ2v) is 9.15. The normalized spacial score (nSPS) is 11.1. The van der Waals surface area contributed by atoms with E-state index >= 15 is 0 Å². The molecule has 0 aromatic heterocycles. The zero-order valence-corrected chi connectivity index (χ0v) is 20.2. The van der Waals surface area contributed by atoms with E-state index in [4.69, 9.17) is 35.8 Å². The number of halogens is 1. The minimum Gasteiger partial charge on any atom is -0.493 e. The highest BCUT2D eigenvalue weighted by atomic mass is 35.5. The molecule has 0 saturated heterocycles. The highest BCUT2D eigenvalue weighted by molar-refractivity contribution is 6.31. The van der Waals surface area contributed by atoms with Crippen LogP contribution in [0, 0.1) is 0 Å². The third-order valence-electron chi connectivity index (χ3n) is 3.16. The second-order valence-electron chi connectivity index (χ2n) is 8.71. The molecule has 2 amide bonds. The molecule has 12 heteroatoms. The summed E-state index contributed by atoms with van der Waals surface area (Å²) in [6.45, 7) is 10.3. The van der Waals surface area contributed by atoms with Crippen LogP contribution in [0.5, 0.6) is 5.75 Å². The van der Waals surface area contributed by atoms with Gasteiger partial charge in [0.05, 0.1) is 12.2 Å². The highest BCUT2D eigenvalue weighted by Gasteiger charge is 2.21. The van der Waals surface area contributed by atoms with Gasteiger partial charge in [-0.25, -0.2) is 14.4 Å². The van der Waals surface area contributed by atoms with Gasteiger partial charge in [-0.3, -0.25) is 10.6 Å². The number of carbonyl (C=O) groups excluding carboxylic acids is 2. The van der Waals surface area contributed by atoms with Crippen LogP contribution >= 0.6 is 11.6 Å². The summed E-state index contributed by atoms with van der Waals surface area (Å²) in [5, 5.41) is 17.5. The van der Waals surface area contributed by atoms with Crippen molar-refractivity contribution >= 4 is 35.7 Å². The van der Waals surface area contributed by atoms with Gasteiger partial charge in [-0.05, 0) is 64.9 Å². The number of benzene rings is 1. The van der Waals surface area contributed by atoms with E-state index in [-0.39, 0.29) is 29.8 Å². The number of nitrogens with one attached hydrogen (secondary N) is 2. The SMILES string of the molecule is CC(C)(C)OC(=O)NC(=NOCCCOc1cc(Cl)cc(C(=O)O)c1)NC(=O)OC(C)(C)C. The maximum atomic E-state index is 12.0. The molecule has 33 heavy (non-hydrogen) atoms. The fraction of sp³-hybridized carbons (Fsp3) is 0.524. The standard InChI is InChI=1S/C21H30ClN3O8/c1-20(2,3)32-18(28)23-17(24-19(29)33-21(4,5)6)25-31-9-7-8-30-15-11-13(16(26)27)10-14(22)12-15/h10-12H,7-9H2,1-6H3,(H,26,27)(H2,23,24,25,28,29). The van der Waals surface area contributed by atoms with Gasteiger partial charge >= 0.3 is 18.2 Å². The molecule has 0 heterocycles. The monoisotopic (exact) mass is 487 g/mol. The molecule has 0 bridgehead atoms. The van der Waals surface area contributed by atoms with Crippen molar-refractivity contribution in [1.82, 2.24) is 10.6 Å². The summed E-state index contributed by atoms with van der Waals surface area (Å²) < 4.78 is 15.7. The van der Waals surface area contributed by atoms with E-state index < -0.39 is 29.4 Å². The average molecular weight is 488 g/mol. The number of carbonyl (C=O) groups is 3. The molecule has 0 spiro atoms. The van der Waals surface area contributed by atoms with Crippen LogP contribution in [0.1, 0.15) is 58.3 Å². The lowest BCUT2D eigenvalue weighted by Crippen LogP contribution is -2.47. The Morgan fingerprint density at radius 1 is 0.939 bits per heavy atom. The molecule has 1 aromatic carbocycles. The van der Waals surface area contributed by atoms with E-state index in [1.807, 2.05) is 0 Å². The molecule has 1 aromatic rings. The lowest BCUT2D eigenvalue weighted by Gasteiger charge is -2.21. The Hall–Kier alpha value is -3.21. The molecule has 3 N–H and O–H groups in total. The Balaban J connectivity index is 2.63. The summed E-state index contributed by atoms with van der Waals surface area (Å²) in [4.78, 5) is 40.2. The number of hydrogen-bond donors (Lipinski definition) is 3. The highest BCUT2D eigenvalue weighted by Crippen LogP contribution is 2.21. The van der Waals surface area contributed by atoms with Gasteiger partial charge in [0.25, 0.3) is 5.96 Å². The summed E-state index contributed by atoms with van der Waals surface area (Å²) in [5.41, 5.74) is -1.52. The lowest BCUT2D eigenvalue weighted by atomic mass is 10.2. The number of amides is 2. The first-order valence-electron chi connectivity index (χ1n) is 10.0. The van der Waals surface area contributed by atoms with Gasteiger partial charge in [-0.2, -0.15) is 0 Å². The molecule has 184 valence electrons. The van der Waals surface area contributed by atoms with Crippen LogP contribution < -0.4 is 15.4 Å². The average Bonchev–Trinajstić information content (AvgIpc) is 2.60. The number of oxime groups is 1. The molecule has 0 radical (unpaired) electrons. The van der Waals surface area contributed by atoms with Crippen molar-refractivity contribution in [2.75, 3.05) is 13.2 Å². The number of hydrogen-bond acceptors (Lipinski definition) is 8. The quantitative estimate of drug-likeness (QED) is 0.225. The van der Waals surface area contributed by atoms with Crippen molar-refractivity contribution in [3.8, 4) is 5.75 Å². The van der Waals surface area contributed by atoms with Crippen molar-refractivity contribution in [2.24, 2.45) is 5.16 Å². The van der Waals surface area contributed by atoms with Crippen LogP contribution in [0.15, 0.2) is 23.4 Å². The summed E-state index contributed by atoms with van der Waals surface area (Å²) >= 11 is 5.88. The molecule has 0 aliphatic rings. The number of ether oxygens (including phenoxy) is 3. The van der Waals surface area contributed by atoms with E-state index in [1.54, 1.807) is 41.5 Å². The molecular weight excluding hydrogens is 458 g/mol. The van der Waals surface area contributed by atoms with Gasteiger partial charge in [0.15, 0.2) is 0 Å². The van der Waals surface area contributed by atoms with E-state index in [2.05, 4.69) is 15.8 Å². The molecule has 0 unspecified atom stereocenters. The number of rotatable bonds is 7. The number of carboxylic acids is 1. The first-order valence-corrected chi connectivity index (χ1v) is 10.4. The van der Waals surface area contributed by atoms with Gasteiger partial charge < -0.3 is 24.2 Å². The first kappa shape index (κ1) is 27.8. The van der Waals surface area contributed by atoms with Gasteiger partial charge in [-0.15, -0.1) is 0 Å². The minimum absolute atomic E-state index is 0.00410. The smallest absolute Gasteiger partial charge is 0.414 e. The Morgan fingerprint density at radius 2 is 1.48 bits per heavy atom. The fourth-order valence-corrected chi connectivity index (χ4v) is 2.30. The summed E-state index contributed by atoms with van der Waals surface area (Å²) in [6.07, 6.45) is -1.34. The summed E-state index contributed by atoms with van der Waals surface area (Å²) in [5.74, 6) is -1.15. The fourth-order valence-electron chi connectivity index (χ4n) is 2.07. The number of nitrogens with zero attached hydrogens (tertiary/aromatic N) is 1. The van der Waals surface area contributed by atoms with Crippen LogP contribution in [0.25, 0.3) is 0 Å². The zero-order chi connectivity index (χ0) is 25.2. The third kappa shape index (κ3) is 13.1. The lowest BCUT2D eigenvalue weighted by molar-refractivity contribution is 0.0532. The topological polar surface area (TPSA) is 145 Å². The van der Waals surface area contributed by atoms with Crippen molar-refractivity contribution < 1.29 is 38.5 Å². The second kappa shape index (κ2) is 12.1. The van der Waals surface area contributed by atoms with Crippen LogP contribution in [-0.4, -0.2) is 53.6 Å². The van der Waals surface area contributed by atoms with E-state index in [9.17, 15) is 14.4 Å². The van der Waals surface area contributed by atoms with Crippen molar-refractivity contribution in [2.45, 2.75) is 59.2 Å². The zero-order valence-electron chi connectivity index (χ0n) is 19.5. The third-order valence-corrected chi connectivity index (χ3v) is 3.38. The number of alkyl carbamates (subject to hydrolysis) is 2. The number of guanidine groups is 1. The maximum absolute atomic E-state index is 12.0. The van der Waals surface area contributed by atoms with E-state index in [1.165, 1.54) is 18.2 Å². The molecular formula is C21H30ClN3O8. The largest absolute Gasteiger partial charge is 0.493 e. The molecule has 0 atom stereocenters. The van der Waals surface area contributed by atoms with Gasteiger partial charge in [0.1, 0.15) is 23.6 Å². The Labute approximate surface area is 197 Å². The minimum atomic E-state index is -1.12. The van der Waals surface area contributed by atoms with Gasteiger partial charge in [-0.1, -0.05) is 11.6 Å². The Kier molecular flexibility index (Phi) is 10.2. The molecule has 0 aliphatic heterocycles. The molecule has 0 saturated carbocycles. The Morgan fingerprint density at radius 3 is 1.97 bits per heavy atom. The molecule has 11 nitrogen and oxygen atoms in total. The van der Waals surface area contributed by atoms with Crippen molar-refractivity contribution in [1.29, 1.82) is 0 Å². The number of carboxylic acid groups (broad SMARTS) is 1. The van der Waals surface area contributed by atoms with E-state index in [0.717, 1.165) is 0 Å². The van der Waals surface area contributed by atoms with Gasteiger partial charge in [0.2, 0.25) is 0 Å². The van der Waals surface area contributed by atoms with Crippen LogP contribution in [-0.2, 0) is 14.3 Å². The molecule has 0 fully saturated rings. The maximum Gasteiger partial charge on any atom is 0.414 e. The van der Waals surface area contributed by atoms with Crippen molar-refractivity contribution in [3.05, 3.63) is 28.8 Å². The van der Waals surface area contributed by atoms with Crippen LogP contribution in [0.4, 0.5) is 9.59 Å². The Bertz CT molecular complexity index is 843. The summed E-state index contributed by atoms with van der Waals surface area (Å²) in [7, 11) is 0. The van der Waals surface area contributed by atoms with Crippen LogP contribution in [0.3, 0.4) is 0 Å². The molecule has 1 rings (SSSR count). The number of aromatic carboxylic acids is 1. The predicted molar refractivity (Wildman–Crippen MR) is 121 cm³/mol. The van der Waals surface area contributed by atoms with Crippen LogP contribution in [0.2, 0.25) is 5.02 Å². The molecule has 0 aliphatic carbocycles. The van der Waals surface area contributed by atoms with Crippen molar-refractivity contribution in [3.63, 3.8) is 0 Å². The summed E-state index contributed by atoms with van der Waals surface area (Å²) in [6, 6.07) is 4.15. The van der Waals surface area contributed by atoms with Gasteiger partial charge in [0, 0.05) is 11.4 Å².